The summed E-state index contributed by atoms with van der Waals surface area (Å²) in [4.78, 5) is 22.2. The second kappa shape index (κ2) is 9.35. The van der Waals surface area contributed by atoms with Crippen molar-refractivity contribution in [2.75, 3.05) is 18.9 Å². The molecule has 0 saturated carbocycles. The number of hydrogen-bond acceptors (Lipinski definition) is 3. The van der Waals surface area contributed by atoms with Crippen LogP contribution in [0, 0.1) is 0 Å². The number of halogens is 1. The Morgan fingerprint density at radius 3 is 2.32 bits per heavy atom. The van der Waals surface area contributed by atoms with Crippen LogP contribution in [0.4, 0.5) is 5.69 Å². The minimum Gasteiger partial charge on any atom is -0.352 e. The van der Waals surface area contributed by atoms with E-state index in [1.807, 2.05) is 31.3 Å². The van der Waals surface area contributed by atoms with Crippen LogP contribution in [0.25, 0.3) is 0 Å². The van der Waals surface area contributed by atoms with E-state index in [2.05, 4.69) is 16.0 Å². The molecule has 1 aromatic carbocycles. The average Bonchev–Trinajstić information content (AvgIpc) is 2.35. The Labute approximate surface area is 119 Å². The van der Waals surface area contributed by atoms with E-state index in [-0.39, 0.29) is 24.2 Å². The molecule has 0 bridgehead atoms. The van der Waals surface area contributed by atoms with Gasteiger partial charge >= 0.3 is 0 Å². The molecule has 0 spiro atoms. The molecule has 0 radical (unpaired) electrons. The largest absolute Gasteiger partial charge is 0.352 e. The predicted molar refractivity (Wildman–Crippen MR) is 78.4 cm³/mol. The van der Waals surface area contributed by atoms with Gasteiger partial charge in [-0.1, -0.05) is 12.1 Å². The number of carbonyl (C=O) groups is 2. The van der Waals surface area contributed by atoms with Gasteiger partial charge in [0.15, 0.2) is 0 Å². The minimum absolute atomic E-state index is 0. The summed E-state index contributed by atoms with van der Waals surface area (Å²) in [6.45, 7) is 2.64. The number of rotatable bonds is 6. The molecular formula is C13H20ClN3O2. The van der Waals surface area contributed by atoms with Crippen molar-refractivity contribution in [2.24, 2.45) is 0 Å². The topological polar surface area (TPSA) is 70.2 Å². The molecule has 0 aliphatic heterocycles. The monoisotopic (exact) mass is 285 g/mol. The summed E-state index contributed by atoms with van der Waals surface area (Å²) in [6, 6.07) is 7.39. The molecule has 106 valence electrons. The molecule has 0 aromatic heterocycles. The predicted octanol–water partition coefficient (Wildman–Crippen LogP) is 1.29. The van der Waals surface area contributed by atoms with Crippen molar-refractivity contribution in [1.82, 2.24) is 10.6 Å². The zero-order valence-electron chi connectivity index (χ0n) is 11.2. The van der Waals surface area contributed by atoms with Crippen LogP contribution in [0.3, 0.4) is 0 Å². The SMILES string of the molecule is CNCCC(=O)NCc1ccc(NC(C)=O)cc1.Cl. The van der Waals surface area contributed by atoms with Crippen LogP contribution in [-0.4, -0.2) is 25.4 Å². The molecule has 0 saturated heterocycles. The van der Waals surface area contributed by atoms with Gasteiger partial charge in [0.1, 0.15) is 0 Å². The Morgan fingerprint density at radius 1 is 1.16 bits per heavy atom. The lowest BCUT2D eigenvalue weighted by Gasteiger charge is -2.06. The van der Waals surface area contributed by atoms with Gasteiger partial charge in [-0.05, 0) is 24.7 Å². The van der Waals surface area contributed by atoms with Gasteiger partial charge in [0.05, 0.1) is 0 Å². The van der Waals surface area contributed by atoms with Crippen LogP contribution in [0.5, 0.6) is 0 Å². The van der Waals surface area contributed by atoms with E-state index in [4.69, 9.17) is 0 Å². The highest BCUT2D eigenvalue weighted by Gasteiger charge is 2.00. The summed E-state index contributed by atoms with van der Waals surface area (Å²) in [5.41, 5.74) is 1.76. The number of hydrogen-bond donors (Lipinski definition) is 3. The number of carbonyl (C=O) groups excluding carboxylic acids is 2. The lowest BCUT2D eigenvalue weighted by atomic mass is 10.2. The fraction of sp³-hybridized carbons (Fsp3) is 0.385. The third kappa shape index (κ3) is 7.43. The molecule has 1 rings (SSSR count). The molecule has 0 unspecified atom stereocenters. The first-order valence-electron chi connectivity index (χ1n) is 5.89. The second-order valence-corrected chi connectivity index (χ2v) is 4.01. The highest BCUT2D eigenvalue weighted by Crippen LogP contribution is 2.09. The van der Waals surface area contributed by atoms with Gasteiger partial charge in [-0.25, -0.2) is 0 Å². The second-order valence-electron chi connectivity index (χ2n) is 4.01. The summed E-state index contributed by atoms with van der Waals surface area (Å²) < 4.78 is 0. The van der Waals surface area contributed by atoms with Gasteiger partial charge in [-0.2, -0.15) is 0 Å². The normalized spacial score (nSPS) is 9.37. The van der Waals surface area contributed by atoms with Crippen LogP contribution in [0.2, 0.25) is 0 Å². The van der Waals surface area contributed by atoms with Gasteiger partial charge in [0, 0.05) is 32.1 Å². The Balaban J connectivity index is 0.00000324. The summed E-state index contributed by atoms with van der Waals surface area (Å²) in [7, 11) is 1.81. The fourth-order valence-electron chi connectivity index (χ4n) is 1.44. The Bertz CT molecular complexity index is 407. The zero-order chi connectivity index (χ0) is 13.4. The summed E-state index contributed by atoms with van der Waals surface area (Å²) in [6.07, 6.45) is 0.473. The molecule has 0 atom stereocenters. The number of benzene rings is 1. The summed E-state index contributed by atoms with van der Waals surface area (Å²) >= 11 is 0. The maximum absolute atomic E-state index is 11.4. The Kier molecular flexibility index (Phi) is 8.57. The molecule has 19 heavy (non-hydrogen) atoms. The van der Waals surface area contributed by atoms with E-state index in [1.165, 1.54) is 6.92 Å². The van der Waals surface area contributed by atoms with Crippen molar-refractivity contribution in [2.45, 2.75) is 19.9 Å². The maximum Gasteiger partial charge on any atom is 0.221 e. The molecule has 0 heterocycles. The molecule has 2 amide bonds. The first kappa shape index (κ1) is 17.4. The van der Waals surface area contributed by atoms with E-state index < -0.39 is 0 Å². The van der Waals surface area contributed by atoms with E-state index in [0.29, 0.717) is 19.5 Å². The smallest absolute Gasteiger partial charge is 0.221 e. The fourth-order valence-corrected chi connectivity index (χ4v) is 1.44. The molecule has 5 nitrogen and oxygen atoms in total. The van der Waals surface area contributed by atoms with E-state index in [1.54, 1.807) is 0 Å². The van der Waals surface area contributed by atoms with Gasteiger partial charge in [-0.15, -0.1) is 12.4 Å². The molecule has 0 aliphatic rings. The van der Waals surface area contributed by atoms with Crippen molar-refractivity contribution >= 4 is 29.9 Å². The van der Waals surface area contributed by atoms with Crippen molar-refractivity contribution < 1.29 is 9.59 Å². The van der Waals surface area contributed by atoms with Gasteiger partial charge in [-0.3, -0.25) is 9.59 Å². The van der Waals surface area contributed by atoms with Crippen molar-refractivity contribution in [3.05, 3.63) is 29.8 Å². The molecule has 1 aromatic rings. The van der Waals surface area contributed by atoms with Crippen LogP contribution < -0.4 is 16.0 Å². The zero-order valence-corrected chi connectivity index (χ0v) is 12.0. The van der Waals surface area contributed by atoms with Crippen molar-refractivity contribution in [1.29, 1.82) is 0 Å². The van der Waals surface area contributed by atoms with Crippen LogP contribution in [0.15, 0.2) is 24.3 Å². The van der Waals surface area contributed by atoms with Gasteiger partial charge in [0.25, 0.3) is 0 Å². The third-order valence-corrected chi connectivity index (χ3v) is 2.37. The van der Waals surface area contributed by atoms with Crippen LogP contribution in [-0.2, 0) is 16.1 Å². The maximum atomic E-state index is 11.4. The third-order valence-electron chi connectivity index (χ3n) is 2.37. The summed E-state index contributed by atoms with van der Waals surface area (Å²) in [5, 5.41) is 8.44. The lowest BCUT2D eigenvalue weighted by molar-refractivity contribution is -0.121. The first-order valence-corrected chi connectivity index (χ1v) is 5.89. The first-order chi connectivity index (χ1) is 8.61. The van der Waals surface area contributed by atoms with Crippen LogP contribution >= 0.6 is 12.4 Å². The summed E-state index contributed by atoms with van der Waals surface area (Å²) in [5.74, 6) is -0.0709. The van der Waals surface area contributed by atoms with Crippen molar-refractivity contribution in [3.63, 3.8) is 0 Å². The minimum atomic E-state index is -0.0943. The number of anilines is 1. The average molecular weight is 286 g/mol. The van der Waals surface area contributed by atoms with E-state index in [9.17, 15) is 9.59 Å². The standard InChI is InChI=1S/C13H19N3O2.ClH/c1-10(17)16-12-5-3-11(4-6-12)9-15-13(18)7-8-14-2;/h3-6,14H,7-9H2,1-2H3,(H,15,18)(H,16,17);1H. The van der Waals surface area contributed by atoms with Gasteiger partial charge in [0.2, 0.25) is 11.8 Å². The highest BCUT2D eigenvalue weighted by atomic mass is 35.5. The number of amides is 2. The molecular weight excluding hydrogens is 266 g/mol. The molecule has 0 fully saturated rings. The van der Waals surface area contributed by atoms with Gasteiger partial charge < -0.3 is 16.0 Å². The van der Waals surface area contributed by atoms with Crippen molar-refractivity contribution in [3.8, 4) is 0 Å². The molecule has 0 aliphatic carbocycles. The molecule has 3 N–H and O–H groups in total. The Morgan fingerprint density at radius 2 is 1.79 bits per heavy atom. The number of nitrogens with one attached hydrogen (secondary N) is 3. The molecule has 6 heteroatoms. The van der Waals surface area contributed by atoms with E-state index >= 15 is 0 Å². The Hall–Kier alpha value is -1.59. The quantitative estimate of drug-likeness (QED) is 0.738. The lowest BCUT2D eigenvalue weighted by Crippen LogP contribution is -2.26. The van der Waals surface area contributed by atoms with Crippen LogP contribution in [0.1, 0.15) is 18.9 Å². The van der Waals surface area contributed by atoms with E-state index in [0.717, 1.165) is 11.3 Å². The highest BCUT2D eigenvalue weighted by molar-refractivity contribution is 5.88.